The van der Waals surface area contributed by atoms with Crippen LogP contribution in [0.4, 0.5) is 0 Å². The van der Waals surface area contributed by atoms with Gasteiger partial charge in [0.1, 0.15) is 6.04 Å². The first-order valence-corrected chi connectivity index (χ1v) is 6.06. The molecule has 2 atom stereocenters. The lowest BCUT2D eigenvalue weighted by molar-refractivity contribution is -0.144. The van der Waals surface area contributed by atoms with Crippen molar-refractivity contribution in [1.29, 1.82) is 0 Å². The molecule has 1 aliphatic heterocycles. The highest BCUT2D eigenvalue weighted by molar-refractivity contribution is 5.73. The molecule has 1 heterocycles. The number of rotatable bonds is 5. The van der Waals surface area contributed by atoms with E-state index in [9.17, 15) is 9.90 Å². The molecule has 0 saturated carbocycles. The Bertz CT molecular complexity index is 216. The third kappa shape index (κ3) is 2.94. The van der Waals surface area contributed by atoms with E-state index in [1.165, 1.54) is 0 Å². The molecular formula is C12H23NO2. The van der Waals surface area contributed by atoms with Gasteiger partial charge in [-0.3, -0.25) is 9.69 Å². The zero-order chi connectivity index (χ0) is 11.4. The number of carboxylic acid groups (broad SMARTS) is 1. The number of aliphatic carboxylic acids is 1. The Hall–Kier alpha value is -0.570. The van der Waals surface area contributed by atoms with E-state index in [1.54, 1.807) is 0 Å². The molecule has 0 radical (unpaired) electrons. The minimum absolute atomic E-state index is 0.259. The summed E-state index contributed by atoms with van der Waals surface area (Å²) in [5, 5.41) is 9.22. The lowest BCUT2D eigenvalue weighted by Crippen LogP contribution is -2.45. The molecule has 0 amide bonds. The average molecular weight is 213 g/mol. The SMILES string of the molecule is CCCC(C(=O)O)N1CCCC1C(C)C. The molecule has 1 saturated heterocycles. The molecule has 0 bridgehead atoms. The monoisotopic (exact) mass is 213 g/mol. The Morgan fingerprint density at radius 1 is 1.53 bits per heavy atom. The van der Waals surface area contributed by atoms with E-state index in [-0.39, 0.29) is 6.04 Å². The van der Waals surface area contributed by atoms with Crippen LogP contribution in [-0.4, -0.2) is 34.6 Å². The summed E-state index contributed by atoms with van der Waals surface area (Å²) in [5.41, 5.74) is 0. The maximum absolute atomic E-state index is 11.2. The molecule has 1 fully saturated rings. The Kier molecular flexibility index (Phi) is 4.58. The van der Waals surface area contributed by atoms with Crippen molar-refractivity contribution in [2.24, 2.45) is 5.92 Å². The Labute approximate surface area is 92.5 Å². The summed E-state index contributed by atoms with van der Waals surface area (Å²) in [5.74, 6) is -0.0874. The minimum atomic E-state index is -0.649. The summed E-state index contributed by atoms with van der Waals surface area (Å²) in [6.07, 6.45) is 4.03. The van der Waals surface area contributed by atoms with E-state index in [0.717, 1.165) is 32.2 Å². The molecular weight excluding hydrogens is 190 g/mol. The normalized spacial score (nSPS) is 24.7. The lowest BCUT2D eigenvalue weighted by Gasteiger charge is -2.32. The predicted octanol–water partition coefficient (Wildman–Crippen LogP) is 2.36. The Morgan fingerprint density at radius 2 is 2.20 bits per heavy atom. The molecule has 1 rings (SSSR count). The van der Waals surface area contributed by atoms with Crippen molar-refractivity contribution < 1.29 is 9.90 Å². The summed E-state index contributed by atoms with van der Waals surface area (Å²) in [4.78, 5) is 13.4. The van der Waals surface area contributed by atoms with Crippen LogP contribution >= 0.6 is 0 Å². The van der Waals surface area contributed by atoms with Gasteiger partial charge in [-0.2, -0.15) is 0 Å². The molecule has 15 heavy (non-hydrogen) atoms. The number of carbonyl (C=O) groups is 1. The zero-order valence-electron chi connectivity index (χ0n) is 10.1. The molecule has 3 nitrogen and oxygen atoms in total. The maximum atomic E-state index is 11.2. The Morgan fingerprint density at radius 3 is 2.67 bits per heavy atom. The van der Waals surface area contributed by atoms with E-state index < -0.39 is 5.97 Å². The van der Waals surface area contributed by atoms with Gasteiger partial charge < -0.3 is 5.11 Å². The minimum Gasteiger partial charge on any atom is -0.480 e. The van der Waals surface area contributed by atoms with Crippen molar-refractivity contribution in [2.75, 3.05) is 6.54 Å². The second-order valence-corrected chi connectivity index (χ2v) is 4.83. The van der Waals surface area contributed by atoms with Gasteiger partial charge in [0.25, 0.3) is 0 Å². The van der Waals surface area contributed by atoms with Gasteiger partial charge in [-0.05, 0) is 31.7 Å². The van der Waals surface area contributed by atoms with Gasteiger partial charge >= 0.3 is 5.97 Å². The topological polar surface area (TPSA) is 40.5 Å². The fourth-order valence-corrected chi connectivity index (χ4v) is 2.62. The number of nitrogens with zero attached hydrogens (tertiary/aromatic N) is 1. The van der Waals surface area contributed by atoms with E-state index in [4.69, 9.17) is 0 Å². The van der Waals surface area contributed by atoms with Gasteiger partial charge in [0, 0.05) is 6.04 Å². The molecule has 0 aromatic carbocycles. The fourth-order valence-electron chi connectivity index (χ4n) is 2.62. The molecule has 0 aliphatic carbocycles. The van der Waals surface area contributed by atoms with E-state index in [1.807, 2.05) is 0 Å². The standard InChI is InChI=1S/C12H23NO2/c1-4-6-11(12(14)15)13-8-5-7-10(13)9(2)3/h9-11H,4-8H2,1-3H3,(H,14,15). The van der Waals surface area contributed by atoms with Gasteiger partial charge in [-0.25, -0.2) is 0 Å². The van der Waals surface area contributed by atoms with Gasteiger partial charge in [0.15, 0.2) is 0 Å². The summed E-state index contributed by atoms with van der Waals surface area (Å²) >= 11 is 0. The van der Waals surface area contributed by atoms with Crippen LogP contribution in [-0.2, 0) is 4.79 Å². The van der Waals surface area contributed by atoms with Crippen LogP contribution in [0.15, 0.2) is 0 Å². The van der Waals surface area contributed by atoms with Gasteiger partial charge in [-0.1, -0.05) is 27.2 Å². The third-order valence-electron chi connectivity index (χ3n) is 3.36. The fraction of sp³-hybridized carbons (Fsp3) is 0.917. The second kappa shape index (κ2) is 5.50. The maximum Gasteiger partial charge on any atom is 0.320 e. The summed E-state index contributed by atoms with van der Waals surface area (Å²) in [6, 6.07) is 0.211. The van der Waals surface area contributed by atoms with Gasteiger partial charge in [0.05, 0.1) is 0 Å². The van der Waals surface area contributed by atoms with Crippen LogP contribution in [0.1, 0.15) is 46.5 Å². The number of hydrogen-bond donors (Lipinski definition) is 1. The second-order valence-electron chi connectivity index (χ2n) is 4.83. The van der Waals surface area contributed by atoms with Crippen LogP contribution in [0.5, 0.6) is 0 Å². The number of carboxylic acids is 1. The van der Waals surface area contributed by atoms with Crippen molar-refractivity contribution >= 4 is 5.97 Å². The third-order valence-corrected chi connectivity index (χ3v) is 3.36. The molecule has 3 heteroatoms. The van der Waals surface area contributed by atoms with Crippen molar-refractivity contribution in [2.45, 2.75) is 58.5 Å². The summed E-state index contributed by atoms with van der Waals surface area (Å²) in [6.45, 7) is 7.39. The first-order valence-electron chi connectivity index (χ1n) is 6.06. The predicted molar refractivity (Wildman–Crippen MR) is 60.9 cm³/mol. The Balaban J connectivity index is 2.69. The summed E-state index contributed by atoms with van der Waals surface area (Å²) < 4.78 is 0. The van der Waals surface area contributed by atoms with Gasteiger partial charge in [-0.15, -0.1) is 0 Å². The average Bonchev–Trinajstić information content (AvgIpc) is 2.61. The van der Waals surface area contributed by atoms with Gasteiger partial charge in [0.2, 0.25) is 0 Å². The van der Waals surface area contributed by atoms with Crippen LogP contribution in [0, 0.1) is 5.92 Å². The molecule has 0 aromatic heterocycles. The highest BCUT2D eigenvalue weighted by Gasteiger charge is 2.35. The van der Waals surface area contributed by atoms with E-state index in [0.29, 0.717) is 12.0 Å². The number of hydrogen-bond acceptors (Lipinski definition) is 2. The van der Waals surface area contributed by atoms with Crippen LogP contribution in [0.2, 0.25) is 0 Å². The van der Waals surface area contributed by atoms with Crippen molar-refractivity contribution in [1.82, 2.24) is 4.90 Å². The highest BCUT2D eigenvalue weighted by Crippen LogP contribution is 2.27. The van der Waals surface area contributed by atoms with E-state index in [2.05, 4.69) is 25.7 Å². The summed E-state index contributed by atoms with van der Waals surface area (Å²) in [7, 11) is 0. The first-order chi connectivity index (χ1) is 7.07. The van der Waals surface area contributed by atoms with Crippen molar-refractivity contribution in [3.63, 3.8) is 0 Å². The molecule has 1 aliphatic rings. The molecule has 88 valence electrons. The van der Waals surface area contributed by atoms with Crippen LogP contribution in [0.25, 0.3) is 0 Å². The van der Waals surface area contributed by atoms with Crippen LogP contribution < -0.4 is 0 Å². The van der Waals surface area contributed by atoms with Crippen molar-refractivity contribution in [3.05, 3.63) is 0 Å². The van der Waals surface area contributed by atoms with Crippen LogP contribution in [0.3, 0.4) is 0 Å². The zero-order valence-corrected chi connectivity index (χ0v) is 10.1. The first kappa shape index (κ1) is 12.5. The van der Waals surface area contributed by atoms with Crippen molar-refractivity contribution in [3.8, 4) is 0 Å². The molecule has 2 unspecified atom stereocenters. The smallest absolute Gasteiger partial charge is 0.320 e. The molecule has 0 spiro atoms. The molecule has 0 aromatic rings. The number of likely N-dealkylation sites (tertiary alicyclic amines) is 1. The lowest BCUT2D eigenvalue weighted by atomic mass is 9.99. The molecule has 1 N–H and O–H groups in total. The van der Waals surface area contributed by atoms with E-state index >= 15 is 0 Å². The largest absolute Gasteiger partial charge is 0.480 e. The highest BCUT2D eigenvalue weighted by atomic mass is 16.4. The quantitative estimate of drug-likeness (QED) is 0.762.